The Morgan fingerprint density at radius 2 is 2.38 bits per heavy atom. The fourth-order valence-corrected chi connectivity index (χ4v) is 1.98. The summed E-state index contributed by atoms with van der Waals surface area (Å²) in [5.41, 5.74) is 1.84. The quantitative estimate of drug-likeness (QED) is 0.849. The van der Waals surface area contributed by atoms with Crippen LogP contribution < -0.4 is 5.32 Å². The fraction of sp³-hybridized carbons (Fsp3) is 0.538. The maximum atomic E-state index is 13.1. The molecule has 1 unspecified atom stereocenters. The summed E-state index contributed by atoms with van der Waals surface area (Å²) in [4.78, 5) is 0. The molecule has 88 valence electrons. The molecular weight excluding hydrogens is 205 g/mol. The predicted molar refractivity (Wildman–Crippen MR) is 61.8 cm³/mol. The van der Waals surface area contributed by atoms with Gasteiger partial charge in [0.1, 0.15) is 5.82 Å². The zero-order valence-electron chi connectivity index (χ0n) is 9.63. The van der Waals surface area contributed by atoms with E-state index in [-0.39, 0.29) is 5.82 Å². The number of halogens is 1. The molecule has 0 aliphatic carbocycles. The molecule has 0 bridgehead atoms. The molecule has 16 heavy (non-hydrogen) atoms. The Labute approximate surface area is 95.8 Å². The lowest BCUT2D eigenvalue weighted by Gasteiger charge is -2.23. The average Bonchev–Trinajstić information content (AvgIpc) is 2.32. The van der Waals surface area contributed by atoms with Crippen LogP contribution in [-0.2, 0) is 11.3 Å². The summed E-state index contributed by atoms with van der Waals surface area (Å²) < 4.78 is 18.4. The van der Waals surface area contributed by atoms with Crippen LogP contribution in [-0.4, -0.2) is 19.3 Å². The lowest BCUT2D eigenvalue weighted by atomic mass is 10.1. The van der Waals surface area contributed by atoms with Crippen molar-refractivity contribution >= 4 is 0 Å². The Kier molecular flexibility index (Phi) is 3.91. The van der Waals surface area contributed by atoms with Crippen LogP contribution in [0.2, 0.25) is 0 Å². The average molecular weight is 223 g/mol. The van der Waals surface area contributed by atoms with Crippen LogP contribution in [0, 0.1) is 12.7 Å². The first-order valence-electron chi connectivity index (χ1n) is 5.82. The van der Waals surface area contributed by atoms with E-state index < -0.39 is 0 Å². The summed E-state index contributed by atoms with van der Waals surface area (Å²) in [6.45, 7) is 4.26. The highest BCUT2D eigenvalue weighted by Gasteiger charge is 2.12. The molecule has 1 fully saturated rings. The Hall–Kier alpha value is -0.930. The molecule has 0 aromatic heterocycles. The van der Waals surface area contributed by atoms with Crippen molar-refractivity contribution in [1.29, 1.82) is 0 Å². The van der Waals surface area contributed by atoms with Crippen molar-refractivity contribution in [2.24, 2.45) is 0 Å². The number of aryl methyl sites for hydroxylation is 1. The van der Waals surface area contributed by atoms with Crippen LogP contribution in [0.5, 0.6) is 0 Å². The zero-order valence-corrected chi connectivity index (χ0v) is 9.63. The molecule has 0 spiro atoms. The van der Waals surface area contributed by atoms with E-state index in [1.165, 1.54) is 12.5 Å². The van der Waals surface area contributed by atoms with Crippen LogP contribution in [0.15, 0.2) is 18.2 Å². The number of hydrogen-bond acceptors (Lipinski definition) is 2. The highest BCUT2D eigenvalue weighted by atomic mass is 19.1. The predicted octanol–water partition coefficient (Wildman–Crippen LogP) is 2.40. The minimum Gasteiger partial charge on any atom is -0.380 e. The number of rotatable bonds is 3. The van der Waals surface area contributed by atoms with Crippen molar-refractivity contribution in [2.45, 2.75) is 32.4 Å². The summed E-state index contributed by atoms with van der Waals surface area (Å²) in [5.74, 6) is -0.134. The molecule has 2 rings (SSSR count). The maximum absolute atomic E-state index is 13.1. The Morgan fingerprint density at radius 3 is 3.06 bits per heavy atom. The second-order valence-electron chi connectivity index (χ2n) is 4.38. The minimum absolute atomic E-state index is 0.134. The van der Waals surface area contributed by atoms with Crippen molar-refractivity contribution in [3.05, 3.63) is 35.1 Å². The van der Waals surface area contributed by atoms with Gasteiger partial charge in [-0.3, -0.25) is 0 Å². The van der Waals surface area contributed by atoms with Crippen molar-refractivity contribution in [1.82, 2.24) is 5.32 Å². The van der Waals surface area contributed by atoms with E-state index in [1.54, 1.807) is 6.92 Å². The molecule has 1 aliphatic rings. The van der Waals surface area contributed by atoms with E-state index in [1.807, 2.05) is 12.1 Å². The first-order valence-corrected chi connectivity index (χ1v) is 5.82. The van der Waals surface area contributed by atoms with Gasteiger partial charge in [-0.1, -0.05) is 12.1 Å². The SMILES string of the molecule is Cc1cc(CNC2CCCOC2)ccc1F. The van der Waals surface area contributed by atoms with E-state index in [0.717, 1.165) is 31.7 Å². The number of nitrogens with one attached hydrogen (secondary N) is 1. The van der Waals surface area contributed by atoms with Crippen LogP contribution >= 0.6 is 0 Å². The monoisotopic (exact) mass is 223 g/mol. The third-order valence-corrected chi connectivity index (χ3v) is 2.98. The standard InChI is InChI=1S/C13H18FNO/c1-10-7-11(4-5-13(10)14)8-15-12-3-2-6-16-9-12/h4-5,7,12,15H,2-3,6,8-9H2,1H3. The van der Waals surface area contributed by atoms with Gasteiger partial charge in [-0.2, -0.15) is 0 Å². The van der Waals surface area contributed by atoms with Gasteiger partial charge in [-0.25, -0.2) is 4.39 Å². The number of ether oxygens (including phenoxy) is 1. The molecule has 1 aromatic carbocycles. The Balaban J connectivity index is 1.86. The van der Waals surface area contributed by atoms with Gasteiger partial charge in [0.15, 0.2) is 0 Å². The van der Waals surface area contributed by atoms with Gasteiger partial charge in [0.25, 0.3) is 0 Å². The molecule has 0 amide bonds. The molecular formula is C13H18FNO. The van der Waals surface area contributed by atoms with Crippen molar-refractivity contribution in [2.75, 3.05) is 13.2 Å². The number of hydrogen-bond donors (Lipinski definition) is 1. The van der Waals surface area contributed by atoms with Gasteiger partial charge in [0.05, 0.1) is 6.61 Å². The first kappa shape index (κ1) is 11.6. The topological polar surface area (TPSA) is 21.3 Å². The van der Waals surface area contributed by atoms with Crippen LogP contribution in [0.3, 0.4) is 0 Å². The summed E-state index contributed by atoms with van der Waals surface area (Å²) in [6.07, 6.45) is 2.29. The van der Waals surface area contributed by atoms with Crippen LogP contribution in [0.25, 0.3) is 0 Å². The third-order valence-electron chi connectivity index (χ3n) is 2.98. The molecule has 2 nitrogen and oxygen atoms in total. The molecule has 3 heteroatoms. The molecule has 1 atom stereocenters. The molecule has 1 heterocycles. The normalized spacial score (nSPS) is 21.0. The van der Waals surface area contributed by atoms with Gasteiger partial charge < -0.3 is 10.1 Å². The van der Waals surface area contributed by atoms with Crippen molar-refractivity contribution in [3.8, 4) is 0 Å². The molecule has 0 saturated carbocycles. The fourth-order valence-electron chi connectivity index (χ4n) is 1.98. The van der Waals surface area contributed by atoms with Crippen LogP contribution in [0.4, 0.5) is 4.39 Å². The van der Waals surface area contributed by atoms with E-state index in [9.17, 15) is 4.39 Å². The number of benzene rings is 1. The summed E-state index contributed by atoms with van der Waals surface area (Å²) in [6, 6.07) is 5.70. The second-order valence-corrected chi connectivity index (χ2v) is 4.38. The van der Waals surface area contributed by atoms with Gasteiger partial charge in [-0.15, -0.1) is 0 Å². The smallest absolute Gasteiger partial charge is 0.126 e. The van der Waals surface area contributed by atoms with Gasteiger partial charge in [0.2, 0.25) is 0 Å². The molecule has 1 aliphatic heterocycles. The Bertz CT molecular complexity index is 348. The van der Waals surface area contributed by atoms with E-state index in [0.29, 0.717) is 11.6 Å². The van der Waals surface area contributed by atoms with Crippen LogP contribution in [0.1, 0.15) is 24.0 Å². The molecule has 0 radical (unpaired) electrons. The van der Waals surface area contributed by atoms with E-state index in [4.69, 9.17) is 4.74 Å². The van der Waals surface area contributed by atoms with Gasteiger partial charge in [-0.05, 0) is 37.0 Å². The maximum Gasteiger partial charge on any atom is 0.126 e. The Morgan fingerprint density at radius 1 is 1.50 bits per heavy atom. The van der Waals surface area contributed by atoms with Gasteiger partial charge in [0, 0.05) is 19.2 Å². The lowest BCUT2D eigenvalue weighted by Crippen LogP contribution is -2.36. The summed E-state index contributed by atoms with van der Waals surface area (Å²) in [7, 11) is 0. The van der Waals surface area contributed by atoms with Crippen molar-refractivity contribution < 1.29 is 9.13 Å². The van der Waals surface area contributed by atoms with E-state index in [2.05, 4.69) is 5.32 Å². The third kappa shape index (κ3) is 3.03. The largest absolute Gasteiger partial charge is 0.380 e. The highest BCUT2D eigenvalue weighted by Crippen LogP contribution is 2.11. The minimum atomic E-state index is -0.134. The summed E-state index contributed by atoms with van der Waals surface area (Å²) in [5, 5.41) is 3.44. The molecule has 1 N–H and O–H groups in total. The highest BCUT2D eigenvalue weighted by molar-refractivity contribution is 5.23. The summed E-state index contributed by atoms with van der Waals surface area (Å²) >= 11 is 0. The zero-order chi connectivity index (χ0) is 11.4. The molecule has 1 saturated heterocycles. The van der Waals surface area contributed by atoms with Crippen molar-refractivity contribution in [3.63, 3.8) is 0 Å². The first-order chi connectivity index (χ1) is 7.75. The molecule has 1 aromatic rings. The van der Waals surface area contributed by atoms with E-state index >= 15 is 0 Å². The lowest BCUT2D eigenvalue weighted by molar-refractivity contribution is 0.0699. The second kappa shape index (κ2) is 5.41. The van der Waals surface area contributed by atoms with Gasteiger partial charge >= 0.3 is 0 Å².